The summed E-state index contributed by atoms with van der Waals surface area (Å²) in [7, 11) is 0. The van der Waals surface area contributed by atoms with Crippen LogP contribution in [0.25, 0.3) is 0 Å². The van der Waals surface area contributed by atoms with Crippen LogP contribution in [0.3, 0.4) is 0 Å². The molecule has 0 aromatic carbocycles. The molecular weight excluding hydrogens is 262 g/mol. The summed E-state index contributed by atoms with van der Waals surface area (Å²) in [6.45, 7) is 10.9. The van der Waals surface area contributed by atoms with Gasteiger partial charge in [0, 0.05) is 6.92 Å². The van der Waals surface area contributed by atoms with Crippen molar-refractivity contribution in [3.8, 4) is 0 Å². The number of hydrogen-bond donors (Lipinski definition) is 0. The van der Waals surface area contributed by atoms with E-state index >= 15 is 0 Å². The fourth-order valence-electron chi connectivity index (χ4n) is 2.50. The van der Waals surface area contributed by atoms with Crippen LogP contribution in [0, 0.1) is 0 Å². The molecule has 0 aliphatic carbocycles. The first-order valence-electron chi connectivity index (χ1n) is 7.05. The third-order valence-electron chi connectivity index (χ3n) is 3.64. The Bertz CT molecular complexity index is 321. The van der Waals surface area contributed by atoms with Crippen molar-refractivity contribution in [3.63, 3.8) is 0 Å². The predicted molar refractivity (Wildman–Crippen MR) is 72.1 cm³/mol. The number of nitrogens with zero attached hydrogens (tertiary/aromatic N) is 1. The predicted octanol–water partition coefficient (Wildman–Crippen LogP) is 1.14. The van der Waals surface area contributed by atoms with Crippen molar-refractivity contribution in [1.82, 2.24) is 4.90 Å². The van der Waals surface area contributed by atoms with Crippen LogP contribution in [0.5, 0.6) is 0 Å². The fraction of sp³-hybridized carbons (Fsp3) is 0.929. The first-order valence-corrected chi connectivity index (χ1v) is 7.05. The van der Waals surface area contributed by atoms with Crippen molar-refractivity contribution in [2.24, 2.45) is 0 Å². The molecule has 0 radical (unpaired) electrons. The van der Waals surface area contributed by atoms with Gasteiger partial charge in [-0.2, -0.15) is 0 Å². The Labute approximate surface area is 120 Å². The summed E-state index contributed by atoms with van der Waals surface area (Å²) in [5.74, 6) is -1.18. The van der Waals surface area contributed by atoms with E-state index in [0.717, 1.165) is 0 Å². The minimum Gasteiger partial charge on any atom is -0.348 e. The molecule has 2 heterocycles. The maximum Gasteiger partial charge on any atom is 0.220 e. The SMILES string of the molecule is CC(=O)N(C1COC(C)(C)OC1)C1COC(C)(C)OC1. The van der Waals surface area contributed by atoms with Gasteiger partial charge in [0.1, 0.15) is 0 Å². The molecule has 0 saturated carbocycles. The highest BCUT2D eigenvalue weighted by molar-refractivity contribution is 5.74. The van der Waals surface area contributed by atoms with Crippen molar-refractivity contribution >= 4 is 5.91 Å². The van der Waals surface area contributed by atoms with Gasteiger partial charge < -0.3 is 23.8 Å². The second kappa shape index (κ2) is 5.60. The van der Waals surface area contributed by atoms with E-state index in [-0.39, 0.29) is 18.0 Å². The highest BCUT2D eigenvalue weighted by atomic mass is 16.7. The molecule has 2 rings (SSSR count). The Morgan fingerprint density at radius 2 is 1.15 bits per heavy atom. The topological polar surface area (TPSA) is 57.2 Å². The molecule has 0 atom stereocenters. The number of amides is 1. The van der Waals surface area contributed by atoms with Crippen molar-refractivity contribution in [3.05, 3.63) is 0 Å². The normalized spacial score (nSPS) is 27.2. The lowest BCUT2D eigenvalue weighted by molar-refractivity contribution is -0.285. The minimum absolute atomic E-state index is 0.0150. The summed E-state index contributed by atoms with van der Waals surface area (Å²) in [6.07, 6.45) is 0. The summed E-state index contributed by atoms with van der Waals surface area (Å²) < 4.78 is 22.6. The zero-order valence-electron chi connectivity index (χ0n) is 13.0. The van der Waals surface area contributed by atoms with Crippen LogP contribution < -0.4 is 0 Å². The Morgan fingerprint density at radius 3 is 1.40 bits per heavy atom. The van der Waals surface area contributed by atoms with Crippen LogP contribution in [0.4, 0.5) is 0 Å². The van der Waals surface area contributed by atoms with Gasteiger partial charge in [0.15, 0.2) is 11.6 Å². The molecule has 0 spiro atoms. The highest BCUT2D eigenvalue weighted by Crippen LogP contribution is 2.25. The molecule has 6 nitrogen and oxygen atoms in total. The third-order valence-corrected chi connectivity index (χ3v) is 3.64. The molecule has 2 aliphatic rings. The number of hydrogen-bond acceptors (Lipinski definition) is 5. The fourth-order valence-corrected chi connectivity index (χ4v) is 2.50. The van der Waals surface area contributed by atoms with E-state index < -0.39 is 11.6 Å². The van der Waals surface area contributed by atoms with Crippen molar-refractivity contribution in [1.29, 1.82) is 0 Å². The molecule has 20 heavy (non-hydrogen) atoms. The van der Waals surface area contributed by atoms with Crippen LogP contribution in [0.15, 0.2) is 0 Å². The van der Waals surface area contributed by atoms with Gasteiger partial charge in [-0.15, -0.1) is 0 Å². The lowest BCUT2D eigenvalue weighted by atomic mass is 10.1. The lowest BCUT2D eigenvalue weighted by Gasteiger charge is -2.45. The van der Waals surface area contributed by atoms with Gasteiger partial charge in [-0.1, -0.05) is 0 Å². The molecule has 0 bridgehead atoms. The number of carbonyl (C=O) groups is 1. The van der Waals surface area contributed by atoms with E-state index in [2.05, 4.69) is 0 Å². The van der Waals surface area contributed by atoms with E-state index in [1.165, 1.54) is 0 Å². The first-order chi connectivity index (χ1) is 9.20. The minimum atomic E-state index is -0.583. The summed E-state index contributed by atoms with van der Waals surface area (Å²) in [6, 6.07) is -0.196. The van der Waals surface area contributed by atoms with Gasteiger partial charge in [-0.25, -0.2) is 0 Å². The standard InChI is InChI=1S/C14H25NO5/c1-10(16)15(11-6-17-13(2,3)18-7-11)12-8-19-14(4,5)20-9-12/h11-12H,6-9H2,1-5H3. The van der Waals surface area contributed by atoms with Crippen LogP contribution in [-0.4, -0.2) is 60.9 Å². The van der Waals surface area contributed by atoms with Crippen molar-refractivity contribution in [2.45, 2.75) is 58.3 Å². The average Bonchev–Trinajstić information content (AvgIpc) is 2.33. The average molecular weight is 287 g/mol. The van der Waals surface area contributed by atoms with Gasteiger partial charge >= 0.3 is 0 Å². The van der Waals surface area contributed by atoms with Crippen LogP contribution in [0.1, 0.15) is 34.6 Å². The lowest BCUT2D eigenvalue weighted by Crippen LogP contribution is -2.60. The van der Waals surface area contributed by atoms with E-state index in [4.69, 9.17) is 18.9 Å². The third kappa shape index (κ3) is 3.69. The zero-order chi connectivity index (χ0) is 15.0. The smallest absolute Gasteiger partial charge is 0.220 e. The van der Waals surface area contributed by atoms with Gasteiger partial charge in [0.2, 0.25) is 5.91 Å². The largest absolute Gasteiger partial charge is 0.348 e. The molecule has 0 unspecified atom stereocenters. The molecule has 0 aromatic heterocycles. The molecule has 116 valence electrons. The monoisotopic (exact) mass is 287 g/mol. The van der Waals surface area contributed by atoms with Crippen molar-refractivity contribution in [2.75, 3.05) is 26.4 Å². The molecule has 6 heteroatoms. The zero-order valence-corrected chi connectivity index (χ0v) is 13.0. The van der Waals surface area contributed by atoms with E-state index in [1.807, 2.05) is 27.7 Å². The number of ether oxygens (including phenoxy) is 4. The summed E-state index contributed by atoms with van der Waals surface area (Å²) in [5.41, 5.74) is 0. The molecule has 2 saturated heterocycles. The van der Waals surface area contributed by atoms with Crippen molar-refractivity contribution < 1.29 is 23.7 Å². The van der Waals surface area contributed by atoms with E-state index in [9.17, 15) is 4.79 Å². The Hall–Kier alpha value is -0.690. The van der Waals surface area contributed by atoms with Gasteiger partial charge in [-0.3, -0.25) is 4.79 Å². The number of carbonyl (C=O) groups excluding carboxylic acids is 1. The molecule has 1 amide bonds. The van der Waals surface area contributed by atoms with E-state index in [1.54, 1.807) is 11.8 Å². The second-order valence-corrected chi connectivity index (χ2v) is 6.28. The maximum atomic E-state index is 12.0. The molecule has 2 aliphatic heterocycles. The molecular formula is C14H25NO5. The van der Waals surface area contributed by atoms with Gasteiger partial charge in [0.05, 0.1) is 38.5 Å². The van der Waals surface area contributed by atoms with Gasteiger partial charge in [-0.05, 0) is 27.7 Å². The quantitative estimate of drug-likeness (QED) is 0.762. The summed E-state index contributed by atoms with van der Waals surface area (Å²) in [4.78, 5) is 13.7. The molecule has 0 aromatic rings. The van der Waals surface area contributed by atoms with Crippen LogP contribution >= 0.6 is 0 Å². The highest BCUT2D eigenvalue weighted by Gasteiger charge is 2.39. The maximum absolute atomic E-state index is 12.0. The summed E-state index contributed by atoms with van der Waals surface area (Å²) >= 11 is 0. The Kier molecular flexibility index (Phi) is 4.39. The molecule has 0 N–H and O–H groups in total. The Balaban J connectivity index is 2.00. The number of rotatable bonds is 2. The van der Waals surface area contributed by atoms with Gasteiger partial charge in [0.25, 0.3) is 0 Å². The first kappa shape index (κ1) is 15.7. The summed E-state index contributed by atoms with van der Waals surface area (Å²) in [5, 5.41) is 0. The van der Waals surface area contributed by atoms with Crippen LogP contribution in [0.2, 0.25) is 0 Å². The van der Waals surface area contributed by atoms with Crippen LogP contribution in [-0.2, 0) is 23.7 Å². The second-order valence-electron chi connectivity index (χ2n) is 6.28. The Morgan fingerprint density at radius 1 is 0.850 bits per heavy atom. The molecule has 2 fully saturated rings. The van der Waals surface area contributed by atoms with E-state index in [0.29, 0.717) is 26.4 Å².